The van der Waals surface area contributed by atoms with E-state index in [0.717, 1.165) is 12.1 Å². The molecule has 1 N–H and O–H groups in total. The minimum absolute atomic E-state index is 0.0984. The van der Waals surface area contributed by atoms with Gasteiger partial charge in [0.05, 0.1) is 12.2 Å². The zero-order valence-corrected chi connectivity index (χ0v) is 15.7. The Bertz CT molecular complexity index is 1340. The fraction of sp³-hybridized carbons (Fsp3) is 0.136. The van der Waals surface area contributed by atoms with Gasteiger partial charge in [-0.3, -0.25) is 9.20 Å². The number of aromatic amines is 1. The first-order chi connectivity index (χ1) is 14.5. The monoisotopic (exact) mass is 406 g/mol. The summed E-state index contributed by atoms with van der Waals surface area (Å²) in [4.78, 5) is 34.3. The molecule has 5 rings (SSSR count). The number of hydrogen-bond acceptors (Lipinski definition) is 3. The lowest BCUT2D eigenvalue weighted by Crippen LogP contribution is -2.38. The minimum Gasteiger partial charge on any atom is -0.334 e. The number of aromatic nitrogens is 3. The summed E-state index contributed by atoms with van der Waals surface area (Å²) in [5.74, 6) is -1.56. The number of carbonyl (C=O) groups excluding carboxylic acids is 1. The molecule has 3 heterocycles. The Labute approximate surface area is 169 Å². The zero-order valence-electron chi connectivity index (χ0n) is 15.7. The van der Waals surface area contributed by atoms with Crippen molar-refractivity contribution >= 4 is 11.6 Å². The fourth-order valence-corrected chi connectivity index (χ4v) is 3.81. The van der Waals surface area contributed by atoms with Gasteiger partial charge in [0.15, 0.2) is 0 Å². The summed E-state index contributed by atoms with van der Waals surface area (Å²) < 4.78 is 28.8. The third-order valence-electron chi connectivity index (χ3n) is 5.31. The first-order valence-electron chi connectivity index (χ1n) is 9.44. The second kappa shape index (κ2) is 6.91. The molecular weight excluding hydrogens is 390 g/mol. The number of carbonyl (C=O) groups is 1. The van der Waals surface area contributed by atoms with Crippen LogP contribution in [0.3, 0.4) is 0 Å². The summed E-state index contributed by atoms with van der Waals surface area (Å²) >= 11 is 0. The summed E-state index contributed by atoms with van der Waals surface area (Å²) in [6.45, 7) is 0.735. The Morgan fingerprint density at radius 2 is 1.90 bits per heavy atom. The molecule has 1 aliphatic rings. The number of imidazole rings is 1. The number of hydrogen-bond donors (Lipinski definition) is 1. The Hall–Kier alpha value is -3.81. The van der Waals surface area contributed by atoms with Crippen molar-refractivity contribution in [2.75, 3.05) is 6.54 Å². The van der Waals surface area contributed by atoms with Gasteiger partial charge < -0.3 is 9.88 Å². The van der Waals surface area contributed by atoms with Crippen molar-refractivity contribution in [1.82, 2.24) is 19.3 Å². The quantitative estimate of drug-likeness (QED) is 0.556. The molecule has 0 aliphatic carbocycles. The van der Waals surface area contributed by atoms with E-state index in [4.69, 9.17) is 0 Å². The van der Waals surface area contributed by atoms with Crippen LogP contribution < -0.4 is 5.69 Å². The van der Waals surface area contributed by atoms with Gasteiger partial charge in [0.2, 0.25) is 0 Å². The molecule has 150 valence electrons. The maximum Gasteiger partial charge on any atom is 0.331 e. The highest BCUT2D eigenvalue weighted by atomic mass is 19.1. The van der Waals surface area contributed by atoms with Crippen molar-refractivity contribution in [1.29, 1.82) is 0 Å². The van der Waals surface area contributed by atoms with E-state index >= 15 is 0 Å². The van der Waals surface area contributed by atoms with Crippen LogP contribution >= 0.6 is 0 Å². The Balaban J connectivity index is 1.59. The van der Waals surface area contributed by atoms with Gasteiger partial charge in [-0.1, -0.05) is 18.2 Å². The van der Waals surface area contributed by atoms with Crippen LogP contribution in [0.25, 0.3) is 16.9 Å². The lowest BCUT2D eigenvalue weighted by atomic mass is 10.1. The Kier molecular flexibility index (Phi) is 4.20. The maximum atomic E-state index is 14.2. The third kappa shape index (κ3) is 2.97. The van der Waals surface area contributed by atoms with E-state index in [0.29, 0.717) is 35.4 Å². The summed E-state index contributed by atoms with van der Waals surface area (Å²) in [6, 6.07) is 12.2. The van der Waals surface area contributed by atoms with Crippen molar-refractivity contribution in [3.05, 3.63) is 93.7 Å². The molecule has 4 aromatic rings. The van der Waals surface area contributed by atoms with Gasteiger partial charge >= 0.3 is 5.69 Å². The van der Waals surface area contributed by atoms with Crippen molar-refractivity contribution < 1.29 is 13.6 Å². The van der Waals surface area contributed by atoms with Crippen LogP contribution in [-0.4, -0.2) is 31.7 Å². The lowest BCUT2D eigenvalue weighted by Gasteiger charge is -2.28. The van der Waals surface area contributed by atoms with E-state index in [1.807, 2.05) is 6.07 Å². The van der Waals surface area contributed by atoms with E-state index in [2.05, 4.69) is 9.97 Å². The molecule has 30 heavy (non-hydrogen) atoms. The molecule has 0 fully saturated rings. The molecule has 0 radical (unpaired) electrons. The van der Waals surface area contributed by atoms with Gasteiger partial charge in [0, 0.05) is 47.6 Å². The lowest BCUT2D eigenvalue weighted by molar-refractivity contribution is 0.0734. The summed E-state index contributed by atoms with van der Waals surface area (Å²) in [6.07, 6.45) is 1.90. The SMILES string of the molecule is O=C(c1ccccc1)N1CCc2[nH]c(=O)n3cc(-c4ccc(F)cc4F)nc3c2C1. The van der Waals surface area contributed by atoms with E-state index in [1.165, 1.54) is 16.7 Å². The summed E-state index contributed by atoms with van der Waals surface area (Å²) in [7, 11) is 0. The number of rotatable bonds is 2. The third-order valence-corrected chi connectivity index (χ3v) is 5.31. The number of nitrogens with one attached hydrogen (secondary N) is 1. The van der Waals surface area contributed by atoms with Crippen LogP contribution in [0.15, 0.2) is 59.5 Å². The molecule has 8 heteroatoms. The average molecular weight is 406 g/mol. The number of nitrogens with zero attached hydrogens (tertiary/aromatic N) is 3. The first-order valence-corrected chi connectivity index (χ1v) is 9.44. The minimum atomic E-state index is -0.760. The van der Waals surface area contributed by atoms with Gasteiger partial charge in [-0.25, -0.2) is 18.6 Å². The second-order valence-corrected chi connectivity index (χ2v) is 7.17. The summed E-state index contributed by atoms with van der Waals surface area (Å²) in [5, 5.41) is 0. The van der Waals surface area contributed by atoms with Gasteiger partial charge in [-0.15, -0.1) is 0 Å². The molecule has 0 bridgehead atoms. The van der Waals surface area contributed by atoms with Gasteiger partial charge in [0.25, 0.3) is 5.91 Å². The van der Waals surface area contributed by atoms with Crippen molar-refractivity contribution in [2.24, 2.45) is 0 Å². The van der Waals surface area contributed by atoms with E-state index in [-0.39, 0.29) is 23.7 Å². The highest BCUT2D eigenvalue weighted by Gasteiger charge is 2.26. The largest absolute Gasteiger partial charge is 0.334 e. The molecule has 6 nitrogen and oxygen atoms in total. The molecule has 2 aromatic carbocycles. The van der Waals surface area contributed by atoms with Crippen molar-refractivity contribution in [2.45, 2.75) is 13.0 Å². The molecule has 1 aliphatic heterocycles. The number of amides is 1. The van der Waals surface area contributed by atoms with Crippen molar-refractivity contribution in [3.63, 3.8) is 0 Å². The number of H-pyrrole nitrogens is 1. The van der Waals surface area contributed by atoms with Crippen LogP contribution in [0.1, 0.15) is 21.6 Å². The second-order valence-electron chi connectivity index (χ2n) is 7.17. The standard InChI is InChI=1S/C22H16F2N4O2/c23-14-6-7-15(17(24)10-14)19-12-28-20(25-19)16-11-27(9-8-18(16)26-22(28)30)21(29)13-4-2-1-3-5-13/h1-7,10,12H,8-9,11H2,(H,26,30). The number of benzene rings is 2. The highest BCUT2D eigenvalue weighted by Crippen LogP contribution is 2.26. The average Bonchev–Trinajstić information content (AvgIpc) is 3.20. The molecule has 1 amide bonds. The predicted molar refractivity (Wildman–Crippen MR) is 106 cm³/mol. The molecule has 0 unspecified atom stereocenters. The summed E-state index contributed by atoms with van der Waals surface area (Å²) in [5.41, 5.74) is 2.28. The van der Waals surface area contributed by atoms with Crippen LogP contribution in [0.5, 0.6) is 0 Å². The van der Waals surface area contributed by atoms with Gasteiger partial charge in [0.1, 0.15) is 17.3 Å². The molecular formula is C22H16F2N4O2. The predicted octanol–water partition coefficient (Wildman–Crippen LogP) is 3.17. The molecule has 0 spiro atoms. The molecule has 2 aromatic heterocycles. The first kappa shape index (κ1) is 18.2. The zero-order chi connectivity index (χ0) is 20.8. The number of halogens is 2. The fourth-order valence-electron chi connectivity index (χ4n) is 3.81. The van der Waals surface area contributed by atoms with Crippen LogP contribution in [0, 0.1) is 11.6 Å². The van der Waals surface area contributed by atoms with Gasteiger partial charge in [-0.05, 0) is 24.3 Å². The molecule has 0 saturated heterocycles. The van der Waals surface area contributed by atoms with Crippen LogP contribution in [-0.2, 0) is 13.0 Å². The maximum absolute atomic E-state index is 14.2. The molecule has 0 saturated carbocycles. The highest BCUT2D eigenvalue weighted by molar-refractivity contribution is 5.94. The topological polar surface area (TPSA) is 70.5 Å². The van der Waals surface area contributed by atoms with Gasteiger partial charge in [-0.2, -0.15) is 0 Å². The Morgan fingerprint density at radius 1 is 1.10 bits per heavy atom. The van der Waals surface area contributed by atoms with E-state index in [1.54, 1.807) is 29.2 Å². The van der Waals surface area contributed by atoms with E-state index < -0.39 is 17.3 Å². The van der Waals surface area contributed by atoms with Crippen molar-refractivity contribution in [3.8, 4) is 11.3 Å². The van der Waals surface area contributed by atoms with Crippen LogP contribution in [0.2, 0.25) is 0 Å². The van der Waals surface area contributed by atoms with E-state index in [9.17, 15) is 18.4 Å². The Morgan fingerprint density at radius 3 is 2.67 bits per heavy atom. The smallest absolute Gasteiger partial charge is 0.331 e. The number of fused-ring (bicyclic) bond motifs is 3. The molecule has 0 atom stereocenters. The normalized spacial score (nSPS) is 13.5. The van der Waals surface area contributed by atoms with Crippen LogP contribution in [0.4, 0.5) is 8.78 Å².